The van der Waals surface area contributed by atoms with Crippen molar-refractivity contribution in [1.82, 2.24) is 14.9 Å². The van der Waals surface area contributed by atoms with Crippen LogP contribution in [0.5, 0.6) is 0 Å². The number of aromatic nitrogens is 2. The van der Waals surface area contributed by atoms with Gasteiger partial charge in [0.15, 0.2) is 0 Å². The molecule has 1 fully saturated rings. The Labute approximate surface area is 153 Å². The first-order valence-electron chi connectivity index (χ1n) is 9.00. The molecule has 0 atom stereocenters. The Balaban J connectivity index is 1.36. The van der Waals surface area contributed by atoms with Crippen molar-refractivity contribution in [3.05, 3.63) is 78.4 Å². The van der Waals surface area contributed by atoms with E-state index in [2.05, 4.69) is 27.8 Å². The highest BCUT2D eigenvalue weighted by Gasteiger charge is 2.19. The van der Waals surface area contributed by atoms with E-state index in [0.717, 1.165) is 16.9 Å². The molecule has 4 rings (SSSR count). The number of carbonyl (C=O) groups is 1. The first kappa shape index (κ1) is 16.4. The Morgan fingerprint density at radius 1 is 1.12 bits per heavy atom. The van der Waals surface area contributed by atoms with E-state index in [1.807, 2.05) is 47.2 Å². The number of amides is 2. The first-order valence-corrected chi connectivity index (χ1v) is 9.00. The minimum absolute atomic E-state index is 0.207. The summed E-state index contributed by atoms with van der Waals surface area (Å²) in [7, 11) is 0. The summed E-state index contributed by atoms with van der Waals surface area (Å²) in [5.74, 6) is 0.706. The van der Waals surface area contributed by atoms with E-state index >= 15 is 0 Å². The SMILES string of the molecule is O=C(NCc1ccccc1-n1ccnc1)Nc1ccc(C2CCC2)cc1. The second-order valence-corrected chi connectivity index (χ2v) is 6.66. The second-order valence-electron chi connectivity index (χ2n) is 6.66. The van der Waals surface area contributed by atoms with Gasteiger partial charge in [0.25, 0.3) is 0 Å². The highest BCUT2D eigenvalue weighted by Crippen LogP contribution is 2.36. The summed E-state index contributed by atoms with van der Waals surface area (Å²) in [4.78, 5) is 16.3. The van der Waals surface area contributed by atoms with Gasteiger partial charge in [-0.15, -0.1) is 0 Å². The highest BCUT2D eigenvalue weighted by molar-refractivity contribution is 5.89. The number of anilines is 1. The van der Waals surface area contributed by atoms with Gasteiger partial charge in [0.2, 0.25) is 0 Å². The van der Waals surface area contributed by atoms with E-state index in [4.69, 9.17) is 0 Å². The Morgan fingerprint density at radius 3 is 2.62 bits per heavy atom. The van der Waals surface area contributed by atoms with Crippen molar-refractivity contribution in [2.45, 2.75) is 31.7 Å². The Kier molecular flexibility index (Phi) is 4.69. The molecular formula is C21H22N4O. The van der Waals surface area contributed by atoms with Crippen molar-refractivity contribution in [3.8, 4) is 5.69 Å². The van der Waals surface area contributed by atoms with E-state index in [9.17, 15) is 4.79 Å². The zero-order valence-corrected chi connectivity index (χ0v) is 14.6. The molecule has 5 nitrogen and oxygen atoms in total. The number of para-hydroxylation sites is 1. The van der Waals surface area contributed by atoms with Crippen molar-refractivity contribution < 1.29 is 4.79 Å². The van der Waals surface area contributed by atoms with Crippen LogP contribution in [0.2, 0.25) is 0 Å². The van der Waals surface area contributed by atoms with E-state index in [-0.39, 0.29) is 6.03 Å². The molecule has 2 amide bonds. The fourth-order valence-corrected chi connectivity index (χ4v) is 3.24. The summed E-state index contributed by atoms with van der Waals surface area (Å²) in [6.45, 7) is 0.445. The quantitative estimate of drug-likeness (QED) is 0.716. The van der Waals surface area contributed by atoms with Gasteiger partial charge in [-0.05, 0) is 48.1 Å². The zero-order chi connectivity index (χ0) is 17.8. The van der Waals surface area contributed by atoms with Crippen LogP contribution in [0.1, 0.15) is 36.3 Å². The van der Waals surface area contributed by atoms with Gasteiger partial charge < -0.3 is 15.2 Å². The molecule has 0 unspecified atom stereocenters. The zero-order valence-electron chi connectivity index (χ0n) is 14.6. The summed E-state index contributed by atoms with van der Waals surface area (Å²) in [5, 5.41) is 5.83. The average molecular weight is 346 g/mol. The summed E-state index contributed by atoms with van der Waals surface area (Å²) in [6.07, 6.45) is 9.27. The number of nitrogens with zero attached hydrogens (tertiary/aromatic N) is 2. The maximum atomic E-state index is 12.2. The number of imidazole rings is 1. The van der Waals surface area contributed by atoms with Gasteiger partial charge in [0.05, 0.1) is 12.0 Å². The summed E-state index contributed by atoms with van der Waals surface area (Å²) < 4.78 is 1.94. The number of rotatable bonds is 5. The van der Waals surface area contributed by atoms with E-state index in [1.165, 1.54) is 24.8 Å². The van der Waals surface area contributed by atoms with Gasteiger partial charge >= 0.3 is 6.03 Å². The third kappa shape index (κ3) is 3.61. The Hall–Kier alpha value is -3.08. The summed E-state index contributed by atoms with van der Waals surface area (Å²) >= 11 is 0. The van der Waals surface area contributed by atoms with Crippen molar-refractivity contribution in [3.63, 3.8) is 0 Å². The van der Waals surface area contributed by atoms with Crippen LogP contribution in [-0.4, -0.2) is 15.6 Å². The monoisotopic (exact) mass is 346 g/mol. The summed E-state index contributed by atoms with van der Waals surface area (Å²) in [5.41, 5.74) is 4.22. The van der Waals surface area contributed by atoms with Crippen LogP contribution in [0.3, 0.4) is 0 Å². The maximum absolute atomic E-state index is 12.2. The molecule has 0 saturated heterocycles. The molecule has 1 aliphatic carbocycles. The lowest BCUT2D eigenvalue weighted by Gasteiger charge is -2.25. The smallest absolute Gasteiger partial charge is 0.319 e. The van der Waals surface area contributed by atoms with E-state index in [1.54, 1.807) is 12.5 Å². The van der Waals surface area contributed by atoms with Crippen molar-refractivity contribution >= 4 is 11.7 Å². The minimum Gasteiger partial charge on any atom is -0.334 e. The molecule has 0 bridgehead atoms. The molecule has 1 heterocycles. The largest absolute Gasteiger partial charge is 0.334 e. The molecule has 0 radical (unpaired) electrons. The third-order valence-corrected chi connectivity index (χ3v) is 4.96. The Morgan fingerprint density at radius 2 is 1.92 bits per heavy atom. The molecule has 1 saturated carbocycles. The van der Waals surface area contributed by atoms with Crippen LogP contribution in [0, 0.1) is 0 Å². The van der Waals surface area contributed by atoms with Gasteiger partial charge in [0.1, 0.15) is 0 Å². The number of urea groups is 1. The topological polar surface area (TPSA) is 59.0 Å². The predicted octanol–water partition coefficient (Wildman–Crippen LogP) is 4.46. The lowest BCUT2D eigenvalue weighted by Crippen LogP contribution is -2.28. The average Bonchev–Trinajstić information content (AvgIpc) is 3.15. The molecule has 2 N–H and O–H groups in total. The fourth-order valence-electron chi connectivity index (χ4n) is 3.24. The van der Waals surface area contributed by atoms with Crippen LogP contribution in [0.15, 0.2) is 67.3 Å². The second kappa shape index (κ2) is 7.44. The van der Waals surface area contributed by atoms with Crippen LogP contribution < -0.4 is 10.6 Å². The normalized spacial score (nSPS) is 13.8. The fraction of sp³-hybridized carbons (Fsp3) is 0.238. The molecule has 132 valence electrons. The molecule has 3 aromatic rings. The molecule has 0 aliphatic heterocycles. The van der Waals surface area contributed by atoms with Crippen LogP contribution in [-0.2, 0) is 6.54 Å². The lowest BCUT2D eigenvalue weighted by molar-refractivity contribution is 0.251. The number of carbonyl (C=O) groups excluding carboxylic acids is 1. The maximum Gasteiger partial charge on any atom is 0.319 e. The van der Waals surface area contributed by atoms with E-state index in [0.29, 0.717) is 12.5 Å². The Bertz CT molecular complexity index is 867. The van der Waals surface area contributed by atoms with E-state index < -0.39 is 0 Å². The van der Waals surface area contributed by atoms with Gasteiger partial charge in [0, 0.05) is 24.6 Å². The van der Waals surface area contributed by atoms with Crippen LogP contribution in [0.25, 0.3) is 5.69 Å². The molecule has 26 heavy (non-hydrogen) atoms. The molecular weight excluding hydrogens is 324 g/mol. The minimum atomic E-state index is -0.207. The van der Waals surface area contributed by atoms with Crippen molar-refractivity contribution in [2.75, 3.05) is 5.32 Å². The third-order valence-electron chi connectivity index (χ3n) is 4.96. The van der Waals surface area contributed by atoms with Gasteiger partial charge in [-0.3, -0.25) is 0 Å². The molecule has 0 spiro atoms. The van der Waals surface area contributed by atoms with Crippen molar-refractivity contribution in [1.29, 1.82) is 0 Å². The van der Waals surface area contributed by atoms with Crippen LogP contribution in [0.4, 0.5) is 10.5 Å². The molecule has 5 heteroatoms. The number of nitrogens with one attached hydrogen (secondary N) is 2. The van der Waals surface area contributed by atoms with Gasteiger partial charge in [-0.1, -0.05) is 36.8 Å². The standard InChI is InChI=1S/C21H22N4O/c26-21(24-19-10-8-17(9-11-19)16-5-3-6-16)23-14-18-4-1-2-7-20(18)25-13-12-22-15-25/h1-2,4,7-13,15-16H,3,5-6,14H2,(H2,23,24,26). The molecule has 1 aromatic heterocycles. The molecule has 1 aliphatic rings. The van der Waals surface area contributed by atoms with Gasteiger partial charge in [-0.25, -0.2) is 9.78 Å². The number of benzene rings is 2. The highest BCUT2D eigenvalue weighted by atomic mass is 16.2. The van der Waals surface area contributed by atoms with Gasteiger partial charge in [-0.2, -0.15) is 0 Å². The molecule has 2 aromatic carbocycles. The van der Waals surface area contributed by atoms with Crippen LogP contribution >= 0.6 is 0 Å². The lowest BCUT2D eigenvalue weighted by atomic mass is 9.80. The predicted molar refractivity (Wildman–Crippen MR) is 102 cm³/mol. The number of hydrogen-bond donors (Lipinski definition) is 2. The van der Waals surface area contributed by atoms with Crippen molar-refractivity contribution in [2.24, 2.45) is 0 Å². The first-order chi connectivity index (χ1) is 12.8. The summed E-state index contributed by atoms with van der Waals surface area (Å²) in [6, 6.07) is 15.9. The number of hydrogen-bond acceptors (Lipinski definition) is 2.